The van der Waals surface area contributed by atoms with E-state index in [-0.39, 0.29) is 12.4 Å². The van der Waals surface area contributed by atoms with Crippen LogP contribution < -0.4 is 11.1 Å². The number of carboxylic acid groups (broad SMARTS) is 1. The number of carbonyl (C=O) groups is 2. The van der Waals surface area contributed by atoms with Crippen molar-refractivity contribution in [3.05, 3.63) is 29.7 Å². The molecule has 1 saturated heterocycles. The topological polar surface area (TPSA) is 134 Å². The Labute approximate surface area is 148 Å². The van der Waals surface area contributed by atoms with Crippen LogP contribution in [-0.4, -0.2) is 57.0 Å². The highest BCUT2D eigenvalue weighted by Gasteiger charge is 2.23. The highest BCUT2D eigenvalue weighted by molar-refractivity contribution is 7.13. The van der Waals surface area contributed by atoms with E-state index in [2.05, 4.69) is 30.5 Å². The van der Waals surface area contributed by atoms with Gasteiger partial charge in [0.25, 0.3) is 6.47 Å². The molecule has 0 aromatic carbocycles. The third-order valence-electron chi connectivity index (χ3n) is 3.71. The van der Waals surface area contributed by atoms with Gasteiger partial charge in [-0.3, -0.25) is 19.5 Å². The summed E-state index contributed by atoms with van der Waals surface area (Å²) in [7, 11) is 0. The van der Waals surface area contributed by atoms with Gasteiger partial charge in [0.2, 0.25) is 5.91 Å². The minimum atomic E-state index is -0.262. The molecule has 1 aliphatic rings. The largest absolute Gasteiger partial charge is 0.483 e. The maximum atomic E-state index is 10.9. The molecule has 0 unspecified atom stereocenters. The highest BCUT2D eigenvalue weighted by Crippen LogP contribution is 2.31. The van der Waals surface area contributed by atoms with Gasteiger partial charge in [0.1, 0.15) is 0 Å². The third kappa shape index (κ3) is 6.08. The molecule has 134 valence electrons. The van der Waals surface area contributed by atoms with Crippen molar-refractivity contribution in [3.8, 4) is 0 Å². The van der Waals surface area contributed by atoms with E-state index in [1.807, 2.05) is 0 Å². The predicted molar refractivity (Wildman–Crippen MR) is 93.7 cm³/mol. The molecule has 1 aliphatic heterocycles. The van der Waals surface area contributed by atoms with Gasteiger partial charge in [-0.05, 0) is 25.9 Å². The number of rotatable bonds is 5. The monoisotopic (exact) mass is 364 g/mol. The Hall–Kier alpha value is -2.59. The molecular weight excluding hydrogens is 344 g/mol. The van der Waals surface area contributed by atoms with Gasteiger partial charge in [-0.1, -0.05) is 0 Å². The van der Waals surface area contributed by atoms with Crippen molar-refractivity contribution < 1.29 is 14.7 Å². The molecule has 3 rings (SSSR count). The van der Waals surface area contributed by atoms with E-state index in [9.17, 15) is 4.79 Å². The number of amides is 1. The number of carbonyl (C=O) groups excluding carboxylic acids is 1. The Bertz CT molecular complexity index is 673. The molecule has 4 N–H and O–H groups in total. The number of primary amides is 1. The molecule has 0 radical (unpaired) electrons. The van der Waals surface area contributed by atoms with E-state index in [0.717, 1.165) is 36.8 Å². The zero-order valence-electron chi connectivity index (χ0n) is 13.5. The van der Waals surface area contributed by atoms with E-state index < -0.39 is 0 Å². The van der Waals surface area contributed by atoms with Gasteiger partial charge in [-0.2, -0.15) is 0 Å². The molecular formula is C15H20N6O3S. The van der Waals surface area contributed by atoms with Crippen molar-refractivity contribution in [1.29, 1.82) is 0 Å². The quantitative estimate of drug-likeness (QED) is 0.670. The number of thiazole rings is 1. The van der Waals surface area contributed by atoms with Crippen molar-refractivity contribution in [2.24, 2.45) is 5.73 Å². The number of hydrogen-bond acceptors (Lipinski definition) is 8. The number of aromatic nitrogens is 3. The number of nitrogens with zero attached hydrogens (tertiary/aromatic N) is 4. The Morgan fingerprint density at radius 2 is 2.16 bits per heavy atom. The smallest absolute Gasteiger partial charge is 0.290 e. The molecule has 10 heteroatoms. The van der Waals surface area contributed by atoms with Crippen LogP contribution in [0, 0.1) is 0 Å². The second kappa shape index (κ2) is 9.64. The minimum absolute atomic E-state index is 0.250. The van der Waals surface area contributed by atoms with Crippen LogP contribution in [0.1, 0.15) is 24.5 Å². The molecule has 0 atom stereocenters. The maximum Gasteiger partial charge on any atom is 0.290 e. The summed E-state index contributed by atoms with van der Waals surface area (Å²) in [6, 6.07) is 0. The predicted octanol–water partition coefficient (Wildman–Crippen LogP) is 1.04. The van der Waals surface area contributed by atoms with Crippen LogP contribution in [0.4, 0.5) is 10.9 Å². The fraction of sp³-hybridized carbons (Fsp3) is 0.400. The lowest BCUT2D eigenvalue weighted by atomic mass is 9.94. The summed E-state index contributed by atoms with van der Waals surface area (Å²) in [4.78, 5) is 34.2. The van der Waals surface area contributed by atoms with Crippen molar-refractivity contribution in [3.63, 3.8) is 0 Å². The van der Waals surface area contributed by atoms with Crippen LogP contribution in [0.25, 0.3) is 0 Å². The molecule has 1 amide bonds. The SMILES string of the molecule is NC(=O)CN1CCC(c2csc(Nc3cnccn3)n2)CC1.O=CO. The Morgan fingerprint density at radius 1 is 1.44 bits per heavy atom. The number of nitrogens with one attached hydrogen (secondary N) is 1. The van der Waals surface area contributed by atoms with Gasteiger partial charge < -0.3 is 16.2 Å². The van der Waals surface area contributed by atoms with Crippen LogP contribution in [0.5, 0.6) is 0 Å². The standard InChI is InChI=1S/C14H18N6OS.CH2O2/c15-12(21)8-20-5-1-10(2-6-20)11-9-22-14(18-11)19-13-7-16-3-4-17-13;2-1-3/h3-4,7,9-10H,1-2,5-6,8H2,(H2,15,21)(H,17,18,19);1H,(H,2,3). The summed E-state index contributed by atoms with van der Waals surface area (Å²) in [5.41, 5.74) is 6.34. The lowest BCUT2D eigenvalue weighted by Crippen LogP contribution is -2.39. The summed E-state index contributed by atoms with van der Waals surface area (Å²) >= 11 is 1.57. The molecule has 0 aliphatic carbocycles. The fourth-order valence-electron chi connectivity index (χ4n) is 2.61. The van der Waals surface area contributed by atoms with Crippen LogP contribution in [-0.2, 0) is 9.59 Å². The van der Waals surface area contributed by atoms with Gasteiger partial charge in [0.15, 0.2) is 10.9 Å². The second-order valence-corrected chi connectivity index (χ2v) is 6.27. The van der Waals surface area contributed by atoms with Crippen LogP contribution in [0.15, 0.2) is 24.0 Å². The fourth-order valence-corrected chi connectivity index (χ4v) is 3.41. The highest BCUT2D eigenvalue weighted by atomic mass is 32.1. The Balaban J connectivity index is 0.000000701. The first-order valence-corrected chi connectivity index (χ1v) is 8.57. The molecule has 1 fully saturated rings. The van der Waals surface area contributed by atoms with Crippen LogP contribution in [0.2, 0.25) is 0 Å². The summed E-state index contributed by atoms with van der Waals surface area (Å²) in [5.74, 6) is 0.875. The van der Waals surface area contributed by atoms with Crippen LogP contribution >= 0.6 is 11.3 Å². The normalized spacial score (nSPS) is 15.0. The zero-order chi connectivity index (χ0) is 18.1. The molecule has 0 saturated carbocycles. The van der Waals surface area contributed by atoms with Crippen molar-refractivity contribution in [2.75, 3.05) is 25.0 Å². The molecule has 9 nitrogen and oxygen atoms in total. The molecule has 25 heavy (non-hydrogen) atoms. The molecule has 3 heterocycles. The van der Waals surface area contributed by atoms with Gasteiger partial charge in [-0.25, -0.2) is 9.97 Å². The van der Waals surface area contributed by atoms with Gasteiger partial charge in [0.05, 0.1) is 18.4 Å². The number of likely N-dealkylation sites (tertiary alicyclic amines) is 1. The lowest BCUT2D eigenvalue weighted by molar-refractivity contribution is -0.123. The number of piperidine rings is 1. The zero-order valence-corrected chi connectivity index (χ0v) is 14.4. The van der Waals surface area contributed by atoms with E-state index in [1.54, 1.807) is 29.9 Å². The number of hydrogen-bond donors (Lipinski definition) is 3. The average Bonchev–Trinajstić information content (AvgIpc) is 3.05. The van der Waals surface area contributed by atoms with E-state index >= 15 is 0 Å². The van der Waals surface area contributed by atoms with E-state index in [4.69, 9.17) is 15.6 Å². The van der Waals surface area contributed by atoms with Crippen molar-refractivity contribution in [1.82, 2.24) is 19.9 Å². The van der Waals surface area contributed by atoms with Crippen molar-refractivity contribution >= 4 is 34.7 Å². The summed E-state index contributed by atoms with van der Waals surface area (Å²) in [5, 5.41) is 13.0. The molecule has 2 aromatic rings. The Kier molecular flexibility index (Phi) is 7.23. The molecule has 0 spiro atoms. The van der Waals surface area contributed by atoms with Gasteiger partial charge >= 0.3 is 0 Å². The summed E-state index contributed by atoms with van der Waals surface area (Å²) < 4.78 is 0. The molecule has 0 bridgehead atoms. The number of anilines is 2. The summed E-state index contributed by atoms with van der Waals surface area (Å²) in [6.45, 7) is 1.87. The third-order valence-corrected chi connectivity index (χ3v) is 4.48. The number of nitrogens with two attached hydrogens (primary N) is 1. The maximum absolute atomic E-state index is 10.9. The van der Waals surface area contributed by atoms with Crippen LogP contribution in [0.3, 0.4) is 0 Å². The Morgan fingerprint density at radius 3 is 2.76 bits per heavy atom. The second-order valence-electron chi connectivity index (χ2n) is 5.42. The van der Waals surface area contributed by atoms with Gasteiger partial charge in [0, 0.05) is 23.7 Å². The first kappa shape index (κ1) is 18.7. The van der Waals surface area contributed by atoms with E-state index in [0.29, 0.717) is 18.3 Å². The summed E-state index contributed by atoms with van der Waals surface area (Å²) in [6.07, 6.45) is 6.95. The average molecular weight is 364 g/mol. The first-order valence-electron chi connectivity index (χ1n) is 7.69. The first-order chi connectivity index (χ1) is 12.1. The lowest BCUT2D eigenvalue weighted by Gasteiger charge is -2.30. The molecule has 2 aromatic heterocycles. The van der Waals surface area contributed by atoms with E-state index in [1.165, 1.54) is 0 Å². The minimum Gasteiger partial charge on any atom is -0.483 e. The van der Waals surface area contributed by atoms with Gasteiger partial charge in [-0.15, -0.1) is 11.3 Å². The van der Waals surface area contributed by atoms with Crippen molar-refractivity contribution in [2.45, 2.75) is 18.8 Å².